The van der Waals surface area contributed by atoms with Crippen molar-refractivity contribution in [3.8, 4) is 0 Å². The molecule has 124 valence electrons. The Balaban J connectivity index is 0.000000277. The number of hydrogen-bond acceptors (Lipinski definition) is 2. The number of anilines is 1. The Morgan fingerprint density at radius 2 is 1.70 bits per heavy atom. The fourth-order valence-corrected chi connectivity index (χ4v) is 2.25. The largest absolute Gasteiger partial charge is 0.329 e. The molecule has 2 aromatic rings. The highest BCUT2D eigenvalue weighted by Crippen LogP contribution is 2.13. The van der Waals surface area contributed by atoms with Crippen LogP contribution in [-0.4, -0.2) is 6.41 Å². The summed E-state index contributed by atoms with van der Waals surface area (Å²) in [6.07, 6.45) is 6.93. The molecule has 0 aliphatic rings. The van der Waals surface area contributed by atoms with Gasteiger partial charge in [-0.2, -0.15) is 0 Å². The van der Waals surface area contributed by atoms with Gasteiger partial charge in [0.05, 0.1) is 0 Å². The summed E-state index contributed by atoms with van der Waals surface area (Å²) in [5, 5.41) is 2.67. The van der Waals surface area contributed by atoms with E-state index in [1.54, 1.807) is 0 Å². The lowest BCUT2D eigenvalue weighted by molar-refractivity contribution is -0.105. The van der Waals surface area contributed by atoms with Crippen molar-refractivity contribution in [3.05, 3.63) is 65.7 Å². The van der Waals surface area contributed by atoms with Crippen LogP contribution in [0.1, 0.15) is 43.7 Å². The first-order valence-electron chi connectivity index (χ1n) is 8.33. The van der Waals surface area contributed by atoms with Gasteiger partial charge in [-0.15, -0.1) is 0 Å². The van der Waals surface area contributed by atoms with Crippen LogP contribution in [0.2, 0.25) is 0 Å². The molecule has 0 saturated heterocycles. The number of nitrogens with two attached hydrogens (primary N) is 1. The molecule has 0 spiro atoms. The van der Waals surface area contributed by atoms with Gasteiger partial charge in [0, 0.05) is 12.2 Å². The molecule has 0 aromatic heterocycles. The second kappa shape index (κ2) is 12.4. The lowest BCUT2D eigenvalue weighted by Gasteiger charge is -2.03. The van der Waals surface area contributed by atoms with Crippen molar-refractivity contribution in [1.82, 2.24) is 0 Å². The average Bonchev–Trinajstić information content (AvgIpc) is 2.61. The topological polar surface area (TPSA) is 55.1 Å². The number of unbranched alkanes of at least 4 members (excludes halogenated alkanes) is 3. The highest BCUT2D eigenvalue weighted by Gasteiger charge is 1.95. The van der Waals surface area contributed by atoms with Crippen molar-refractivity contribution in [2.75, 3.05) is 5.32 Å². The van der Waals surface area contributed by atoms with Crippen molar-refractivity contribution in [2.24, 2.45) is 5.73 Å². The summed E-state index contributed by atoms with van der Waals surface area (Å²) in [4.78, 5) is 10.3. The summed E-state index contributed by atoms with van der Waals surface area (Å²) < 4.78 is 0. The van der Waals surface area contributed by atoms with Crippen LogP contribution in [0, 0.1) is 0 Å². The van der Waals surface area contributed by atoms with Crippen LogP contribution >= 0.6 is 0 Å². The Labute approximate surface area is 139 Å². The fraction of sp³-hybridized carbons (Fsp3) is 0.350. The molecule has 0 aliphatic carbocycles. The predicted molar refractivity (Wildman–Crippen MR) is 98.3 cm³/mol. The summed E-state index contributed by atoms with van der Waals surface area (Å²) in [5.41, 5.74) is 8.73. The zero-order chi connectivity index (χ0) is 16.8. The molecule has 0 saturated carbocycles. The van der Waals surface area contributed by atoms with Gasteiger partial charge in [-0.1, -0.05) is 68.7 Å². The first-order valence-corrected chi connectivity index (χ1v) is 8.33. The van der Waals surface area contributed by atoms with Crippen LogP contribution in [0.25, 0.3) is 0 Å². The molecule has 3 N–H and O–H groups in total. The third kappa shape index (κ3) is 8.79. The van der Waals surface area contributed by atoms with Crippen LogP contribution in [0.3, 0.4) is 0 Å². The zero-order valence-corrected chi connectivity index (χ0v) is 14.0. The van der Waals surface area contributed by atoms with Gasteiger partial charge in [0.2, 0.25) is 6.41 Å². The molecule has 0 fully saturated rings. The maximum Gasteiger partial charge on any atom is 0.211 e. The molecule has 3 nitrogen and oxygen atoms in total. The monoisotopic (exact) mass is 312 g/mol. The molecule has 1 amide bonds. The predicted octanol–water partition coefficient (Wildman–Crippen LogP) is 4.52. The first-order chi connectivity index (χ1) is 11.3. The number of aryl methyl sites for hydroxylation is 1. The maximum absolute atomic E-state index is 10.3. The summed E-state index contributed by atoms with van der Waals surface area (Å²) in [6, 6.07) is 18.0. The van der Waals surface area contributed by atoms with E-state index in [1.807, 2.05) is 48.5 Å². The molecule has 0 aliphatic heterocycles. The van der Waals surface area contributed by atoms with Gasteiger partial charge < -0.3 is 11.1 Å². The Kier molecular flexibility index (Phi) is 10.2. The van der Waals surface area contributed by atoms with E-state index in [9.17, 15) is 4.79 Å². The Morgan fingerprint density at radius 1 is 0.957 bits per heavy atom. The molecule has 0 radical (unpaired) electrons. The Morgan fingerprint density at radius 3 is 2.30 bits per heavy atom. The molecule has 2 aromatic carbocycles. The summed E-state index contributed by atoms with van der Waals surface area (Å²) in [5.74, 6) is 0. The van der Waals surface area contributed by atoms with Crippen molar-refractivity contribution in [2.45, 2.75) is 45.6 Å². The zero-order valence-electron chi connectivity index (χ0n) is 14.0. The molecule has 2 rings (SSSR count). The van der Waals surface area contributed by atoms with Gasteiger partial charge in [-0.3, -0.25) is 4.79 Å². The minimum absolute atomic E-state index is 0.640. The number of amides is 1. The molecule has 0 atom stereocenters. The summed E-state index contributed by atoms with van der Waals surface area (Å²) in [7, 11) is 0. The van der Waals surface area contributed by atoms with E-state index in [2.05, 4.69) is 18.3 Å². The van der Waals surface area contributed by atoms with Crippen LogP contribution in [0.4, 0.5) is 5.69 Å². The van der Waals surface area contributed by atoms with E-state index in [0.29, 0.717) is 6.54 Å². The molecule has 0 bridgehead atoms. The van der Waals surface area contributed by atoms with Crippen molar-refractivity contribution < 1.29 is 4.79 Å². The van der Waals surface area contributed by atoms with Crippen molar-refractivity contribution in [3.63, 3.8) is 0 Å². The van der Waals surface area contributed by atoms with Gasteiger partial charge in [-0.05, 0) is 36.1 Å². The van der Waals surface area contributed by atoms with E-state index in [1.165, 1.54) is 36.8 Å². The van der Waals surface area contributed by atoms with Gasteiger partial charge in [0.25, 0.3) is 0 Å². The minimum Gasteiger partial charge on any atom is -0.329 e. The average molecular weight is 312 g/mol. The smallest absolute Gasteiger partial charge is 0.211 e. The normalized spacial score (nSPS) is 9.65. The highest BCUT2D eigenvalue weighted by molar-refractivity contribution is 5.71. The molecule has 0 unspecified atom stereocenters. The van der Waals surface area contributed by atoms with Crippen LogP contribution < -0.4 is 11.1 Å². The number of carbonyl (C=O) groups is 1. The molecular formula is C20H28N2O. The second-order valence-electron chi connectivity index (χ2n) is 5.46. The van der Waals surface area contributed by atoms with E-state index < -0.39 is 0 Å². The number of benzene rings is 2. The third-order valence-electron chi connectivity index (χ3n) is 3.55. The Hall–Kier alpha value is -2.13. The molecule has 0 heterocycles. The third-order valence-corrected chi connectivity index (χ3v) is 3.55. The standard InChI is InChI=1S/C13H19NO.C7H9N/c1-2-3-4-5-7-12-8-6-9-13(10-12)14-11-15;8-6-7-4-2-1-3-5-7/h6,8-11H,2-5,7H2,1H3,(H,14,15);1-5H,6,8H2. The van der Waals surface area contributed by atoms with E-state index in [0.717, 1.165) is 18.5 Å². The van der Waals surface area contributed by atoms with Gasteiger partial charge in [-0.25, -0.2) is 0 Å². The van der Waals surface area contributed by atoms with Crippen LogP contribution in [0.15, 0.2) is 54.6 Å². The molecular weight excluding hydrogens is 284 g/mol. The number of nitrogens with one attached hydrogen (secondary N) is 1. The van der Waals surface area contributed by atoms with Gasteiger partial charge >= 0.3 is 0 Å². The number of hydrogen-bond donors (Lipinski definition) is 2. The lowest BCUT2D eigenvalue weighted by atomic mass is 10.1. The van der Waals surface area contributed by atoms with E-state index in [-0.39, 0.29) is 0 Å². The lowest BCUT2D eigenvalue weighted by Crippen LogP contribution is -1.94. The van der Waals surface area contributed by atoms with Gasteiger partial charge in [0.15, 0.2) is 0 Å². The SMILES string of the molecule is CCCCCCc1cccc(NC=O)c1.NCc1ccccc1. The number of carbonyl (C=O) groups excluding carboxylic acids is 1. The quantitative estimate of drug-likeness (QED) is 0.556. The second-order valence-corrected chi connectivity index (χ2v) is 5.46. The van der Waals surface area contributed by atoms with Crippen LogP contribution in [0.5, 0.6) is 0 Å². The van der Waals surface area contributed by atoms with Crippen molar-refractivity contribution in [1.29, 1.82) is 0 Å². The Bertz CT molecular complexity index is 540. The maximum atomic E-state index is 10.3. The summed E-state index contributed by atoms with van der Waals surface area (Å²) >= 11 is 0. The van der Waals surface area contributed by atoms with Crippen molar-refractivity contribution >= 4 is 12.1 Å². The van der Waals surface area contributed by atoms with E-state index in [4.69, 9.17) is 5.73 Å². The molecule has 23 heavy (non-hydrogen) atoms. The highest BCUT2D eigenvalue weighted by atomic mass is 16.1. The first kappa shape index (κ1) is 18.9. The van der Waals surface area contributed by atoms with Crippen LogP contribution in [-0.2, 0) is 17.8 Å². The number of rotatable bonds is 8. The molecule has 3 heteroatoms. The van der Waals surface area contributed by atoms with E-state index >= 15 is 0 Å². The van der Waals surface area contributed by atoms with Gasteiger partial charge in [0.1, 0.15) is 0 Å². The summed E-state index contributed by atoms with van der Waals surface area (Å²) in [6.45, 7) is 2.86. The minimum atomic E-state index is 0.640. The fourth-order valence-electron chi connectivity index (χ4n) is 2.25.